The molecule has 0 radical (unpaired) electrons. The third kappa shape index (κ3) is 5.45. The minimum atomic E-state index is -3.01. The Hall–Kier alpha value is -0.470. The second-order valence-electron chi connectivity index (χ2n) is 4.58. The summed E-state index contributed by atoms with van der Waals surface area (Å²) in [6, 6.07) is -0.314. The third-order valence-electron chi connectivity index (χ3n) is 2.89. The number of sulfone groups is 1. The Morgan fingerprint density at radius 2 is 2.22 bits per heavy atom. The number of carbonyl (C=O) groups is 1. The lowest BCUT2D eigenvalue weighted by Gasteiger charge is -2.23. The zero-order valence-electron chi connectivity index (χ0n) is 10.6. The molecule has 1 amide bonds. The van der Waals surface area contributed by atoms with Gasteiger partial charge in [-0.1, -0.05) is 0 Å². The van der Waals surface area contributed by atoms with Crippen LogP contribution in [0.4, 0.5) is 0 Å². The molecule has 8 heteroatoms. The lowest BCUT2D eigenvalue weighted by Crippen LogP contribution is -2.47. The molecular formula is C10H20N2O4S2. The highest BCUT2D eigenvalue weighted by Crippen LogP contribution is 2.04. The molecule has 0 saturated carbocycles. The zero-order valence-corrected chi connectivity index (χ0v) is 12.3. The molecule has 0 aliphatic carbocycles. The molecule has 2 N–H and O–H groups in total. The first-order valence-corrected chi connectivity index (χ1v) is 9.27. The van der Waals surface area contributed by atoms with Gasteiger partial charge in [-0.2, -0.15) is 0 Å². The molecular weight excluding hydrogens is 276 g/mol. The van der Waals surface area contributed by atoms with Crippen LogP contribution in [-0.2, 0) is 25.4 Å². The summed E-state index contributed by atoms with van der Waals surface area (Å²) in [5, 5.41) is 5.59. The predicted octanol–water partition coefficient (Wildman–Crippen LogP) is -1.35. The summed E-state index contributed by atoms with van der Waals surface area (Å²) >= 11 is 0. The minimum Gasteiger partial charge on any atom is -0.355 e. The summed E-state index contributed by atoms with van der Waals surface area (Å²) in [4.78, 5) is 11.6. The van der Waals surface area contributed by atoms with Gasteiger partial charge in [-0.15, -0.1) is 0 Å². The van der Waals surface area contributed by atoms with Crippen LogP contribution in [0.15, 0.2) is 0 Å². The quantitative estimate of drug-likeness (QED) is 0.654. The van der Waals surface area contributed by atoms with Crippen LogP contribution in [0.3, 0.4) is 0 Å². The van der Waals surface area contributed by atoms with Gasteiger partial charge in [0.2, 0.25) is 5.91 Å². The molecule has 1 saturated heterocycles. The van der Waals surface area contributed by atoms with Gasteiger partial charge < -0.3 is 10.6 Å². The minimum absolute atomic E-state index is 0.00961. The van der Waals surface area contributed by atoms with Crippen molar-refractivity contribution in [1.29, 1.82) is 0 Å². The first-order chi connectivity index (χ1) is 8.30. The highest BCUT2D eigenvalue weighted by atomic mass is 32.2. The molecule has 3 unspecified atom stereocenters. The highest BCUT2D eigenvalue weighted by molar-refractivity contribution is 7.91. The van der Waals surface area contributed by atoms with Gasteiger partial charge in [-0.25, -0.2) is 8.42 Å². The second-order valence-corrected chi connectivity index (χ2v) is 8.61. The summed E-state index contributed by atoms with van der Waals surface area (Å²) in [5.41, 5.74) is 0. The van der Waals surface area contributed by atoms with E-state index in [-0.39, 0.29) is 35.1 Å². The zero-order chi connectivity index (χ0) is 13.8. The van der Waals surface area contributed by atoms with Crippen molar-refractivity contribution in [3.8, 4) is 0 Å². The number of rotatable bonds is 5. The standard InChI is InChI=1S/C10H20N2O4S2/c1-8(17(2)14)6-12-10(13)5-9-7-18(15,16)4-3-11-9/h8-9,11H,3-7H2,1-2H3,(H,12,13). The molecule has 1 aliphatic heterocycles. The van der Waals surface area contributed by atoms with Crippen LogP contribution < -0.4 is 10.6 Å². The van der Waals surface area contributed by atoms with Crippen LogP contribution >= 0.6 is 0 Å². The Morgan fingerprint density at radius 3 is 2.78 bits per heavy atom. The van der Waals surface area contributed by atoms with E-state index in [1.807, 2.05) is 0 Å². The number of amides is 1. The fourth-order valence-corrected chi connectivity index (χ4v) is 3.43. The molecule has 6 nitrogen and oxygen atoms in total. The van der Waals surface area contributed by atoms with Crippen LogP contribution in [0.1, 0.15) is 13.3 Å². The molecule has 1 aliphatic rings. The number of hydrogen-bond acceptors (Lipinski definition) is 5. The maximum Gasteiger partial charge on any atom is 0.221 e. The van der Waals surface area contributed by atoms with E-state index < -0.39 is 20.6 Å². The molecule has 0 aromatic rings. The van der Waals surface area contributed by atoms with Crippen molar-refractivity contribution < 1.29 is 17.4 Å². The van der Waals surface area contributed by atoms with E-state index in [0.717, 1.165) is 0 Å². The van der Waals surface area contributed by atoms with Crippen LogP contribution in [-0.4, -0.2) is 60.7 Å². The first-order valence-electron chi connectivity index (χ1n) is 5.83. The van der Waals surface area contributed by atoms with Crippen LogP contribution in [0.25, 0.3) is 0 Å². The fourth-order valence-electron chi connectivity index (χ4n) is 1.67. The maximum absolute atomic E-state index is 11.6. The Bertz CT molecular complexity index is 422. The van der Waals surface area contributed by atoms with E-state index in [4.69, 9.17) is 0 Å². The largest absolute Gasteiger partial charge is 0.355 e. The lowest BCUT2D eigenvalue weighted by atomic mass is 10.2. The molecule has 18 heavy (non-hydrogen) atoms. The average Bonchev–Trinajstić information content (AvgIpc) is 2.24. The number of nitrogens with one attached hydrogen (secondary N) is 2. The van der Waals surface area contributed by atoms with Crippen molar-refractivity contribution in [2.24, 2.45) is 0 Å². The van der Waals surface area contributed by atoms with Crippen molar-refractivity contribution in [2.75, 3.05) is 30.9 Å². The van der Waals surface area contributed by atoms with Crippen molar-refractivity contribution in [2.45, 2.75) is 24.6 Å². The van der Waals surface area contributed by atoms with Gasteiger partial charge in [0.25, 0.3) is 0 Å². The predicted molar refractivity (Wildman–Crippen MR) is 71.6 cm³/mol. The summed E-state index contributed by atoms with van der Waals surface area (Å²) < 4.78 is 33.9. The highest BCUT2D eigenvalue weighted by Gasteiger charge is 2.25. The Balaban J connectivity index is 2.34. The van der Waals surface area contributed by atoms with Crippen LogP contribution in [0.2, 0.25) is 0 Å². The Labute approximate surface area is 110 Å². The summed E-state index contributed by atoms with van der Waals surface area (Å²) in [6.45, 7) is 2.54. The van der Waals surface area contributed by atoms with Gasteiger partial charge in [-0.05, 0) is 6.92 Å². The smallest absolute Gasteiger partial charge is 0.221 e. The SMILES string of the molecule is CC(CNC(=O)CC1CS(=O)(=O)CCN1)S(C)=O. The lowest BCUT2D eigenvalue weighted by molar-refractivity contribution is -0.121. The van der Waals surface area contributed by atoms with Gasteiger partial charge in [0.1, 0.15) is 0 Å². The van der Waals surface area contributed by atoms with E-state index in [0.29, 0.717) is 13.1 Å². The van der Waals surface area contributed by atoms with E-state index in [1.54, 1.807) is 13.2 Å². The molecule has 0 aromatic carbocycles. The summed E-state index contributed by atoms with van der Waals surface area (Å²) in [5.74, 6) is -0.0611. The van der Waals surface area contributed by atoms with Gasteiger partial charge in [0.15, 0.2) is 9.84 Å². The number of hydrogen-bond donors (Lipinski definition) is 2. The normalized spacial score (nSPS) is 26.2. The number of carbonyl (C=O) groups excluding carboxylic acids is 1. The average molecular weight is 296 g/mol. The maximum atomic E-state index is 11.6. The van der Waals surface area contributed by atoms with Gasteiger partial charge in [-0.3, -0.25) is 9.00 Å². The van der Waals surface area contributed by atoms with Gasteiger partial charge in [0.05, 0.1) is 11.5 Å². The van der Waals surface area contributed by atoms with Crippen LogP contribution in [0, 0.1) is 0 Å². The van der Waals surface area contributed by atoms with E-state index in [2.05, 4.69) is 10.6 Å². The third-order valence-corrected chi connectivity index (χ3v) is 5.92. The Kier molecular flexibility index (Phi) is 5.74. The molecule has 1 fully saturated rings. The first kappa shape index (κ1) is 15.6. The Morgan fingerprint density at radius 1 is 1.56 bits per heavy atom. The second kappa shape index (κ2) is 6.63. The monoisotopic (exact) mass is 296 g/mol. The fraction of sp³-hybridized carbons (Fsp3) is 0.900. The summed E-state index contributed by atoms with van der Waals surface area (Å²) in [6.07, 6.45) is 1.73. The summed E-state index contributed by atoms with van der Waals surface area (Å²) in [7, 11) is -3.99. The molecule has 106 valence electrons. The molecule has 3 atom stereocenters. The van der Waals surface area contributed by atoms with Crippen molar-refractivity contribution in [3.63, 3.8) is 0 Å². The van der Waals surface area contributed by atoms with E-state index in [1.165, 1.54) is 0 Å². The van der Waals surface area contributed by atoms with E-state index >= 15 is 0 Å². The topological polar surface area (TPSA) is 92.3 Å². The molecule has 0 bridgehead atoms. The van der Waals surface area contributed by atoms with Gasteiger partial charge >= 0.3 is 0 Å². The molecule has 1 rings (SSSR count). The molecule has 0 aromatic heterocycles. The van der Waals surface area contributed by atoms with Crippen molar-refractivity contribution in [3.05, 3.63) is 0 Å². The van der Waals surface area contributed by atoms with Crippen LogP contribution in [0.5, 0.6) is 0 Å². The molecule has 0 spiro atoms. The molecule has 1 heterocycles. The van der Waals surface area contributed by atoms with Crippen molar-refractivity contribution >= 4 is 26.5 Å². The van der Waals surface area contributed by atoms with E-state index in [9.17, 15) is 17.4 Å². The van der Waals surface area contributed by atoms with Gasteiger partial charge in [0, 0.05) is 47.9 Å². The van der Waals surface area contributed by atoms with Crippen molar-refractivity contribution in [1.82, 2.24) is 10.6 Å².